The van der Waals surface area contributed by atoms with Crippen LogP contribution in [0.15, 0.2) is 54.6 Å². The fourth-order valence-electron chi connectivity index (χ4n) is 2.79. The molecule has 0 aromatic heterocycles. The van der Waals surface area contributed by atoms with Crippen LogP contribution >= 0.6 is 0 Å². The summed E-state index contributed by atoms with van der Waals surface area (Å²) in [6.45, 7) is 9.58. The number of rotatable bonds is 7. The Bertz CT molecular complexity index is 870. The van der Waals surface area contributed by atoms with Gasteiger partial charge in [0.25, 0.3) is 11.8 Å². The smallest absolute Gasteiger partial charge is 0.308 e. The Balaban J connectivity index is 1.81. The zero-order chi connectivity index (χ0) is 22.3. The zero-order valence-corrected chi connectivity index (χ0v) is 18.2. The Kier molecular flexibility index (Phi) is 7.75. The number of hydrogen-bond donors (Lipinski definition) is 2. The van der Waals surface area contributed by atoms with E-state index >= 15 is 0 Å². The Hall–Kier alpha value is -3.15. The van der Waals surface area contributed by atoms with Crippen molar-refractivity contribution in [1.82, 2.24) is 5.32 Å². The van der Waals surface area contributed by atoms with Crippen molar-refractivity contribution < 1.29 is 19.1 Å². The van der Waals surface area contributed by atoms with E-state index < -0.39 is 24.0 Å². The molecule has 2 aromatic rings. The lowest BCUT2D eigenvalue weighted by atomic mass is 9.87. The summed E-state index contributed by atoms with van der Waals surface area (Å²) < 4.78 is 5.22. The van der Waals surface area contributed by atoms with Gasteiger partial charge in [-0.05, 0) is 49.1 Å². The van der Waals surface area contributed by atoms with Gasteiger partial charge in [0.2, 0.25) is 0 Å². The Morgan fingerprint density at radius 3 is 2.10 bits per heavy atom. The van der Waals surface area contributed by atoms with E-state index in [2.05, 4.69) is 31.4 Å². The number of benzene rings is 2. The van der Waals surface area contributed by atoms with Crippen molar-refractivity contribution in [3.8, 4) is 0 Å². The molecule has 0 fully saturated rings. The molecule has 2 aromatic carbocycles. The summed E-state index contributed by atoms with van der Waals surface area (Å²) >= 11 is 0. The number of anilines is 1. The van der Waals surface area contributed by atoms with E-state index in [0.717, 1.165) is 5.56 Å². The molecule has 0 radical (unpaired) electrons. The molecule has 2 N–H and O–H groups in total. The van der Waals surface area contributed by atoms with Crippen LogP contribution in [0.4, 0.5) is 5.69 Å². The molecule has 2 unspecified atom stereocenters. The van der Waals surface area contributed by atoms with Gasteiger partial charge in [-0.1, -0.05) is 51.1 Å². The molecule has 6 nitrogen and oxygen atoms in total. The minimum absolute atomic E-state index is 0.0258. The van der Waals surface area contributed by atoms with Gasteiger partial charge in [-0.25, -0.2) is 0 Å². The minimum atomic E-state index is -0.947. The number of hydrogen-bond acceptors (Lipinski definition) is 4. The minimum Gasteiger partial charge on any atom is -0.452 e. The Labute approximate surface area is 178 Å². The molecule has 0 aliphatic rings. The molecule has 2 rings (SSSR count). The van der Waals surface area contributed by atoms with E-state index in [1.54, 1.807) is 31.2 Å². The van der Waals surface area contributed by atoms with Crippen LogP contribution in [0.2, 0.25) is 0 Å². The second-order valence-corrected chi connectivity index (χ2v) is 8.39. The molecule has 160 valence electrons. The molecule has 6 heteroatoms. The fraction of sp³-hybridized carbons (Fsp3) is 0.375. The highest BCUT2D eigenvalue weighted by atomic mass is 16.5. The van der Waals surface area contributed by atoms with E-state index in [9.17, 15) is 14.4 Å². The van der Waals surface area contributed by atoms with E-state index in [1.807, 2.05) is 30.3 Å². The van der Waals surface area contributed by atoms with Crippen molar-refractivity contribution in [1.29, 1.82) is 0 Å². The Morgan fingerprint density at radius 1 is 0.933 bits per heavy atom. The lowest BCUT2D eigenvalue weighted by Gasteiger charge is -2.20. The number of esters is 1. The summed E-state index contributed by atoms with van der Waals surface area (Å²) in [4.78, 5) is 36.6. The van der Waals surface area contributed by atoms with Gasteiger partial charge in [0, 0.05) is 17.3 Å². The van der Waals surface area contributed by atoms with Crippen LogP contribution in [0.3, 0.4) is 0 Å². The van der Waals surface area contributed by atoms with Gasteiger partial charge in [-0.2, -0.15) is 0 Å². The molecule has 0 spiro atoms. The van der Waals surface area contributed by atoms with Gasteiger partial charge < -0.3 is 15.4 Å². The molecule has 0 heterocycles. The number of ether oxygens (including phenoxy) is 1. The van der Waals surface area contributed by atoms with Gasteiger partial charge in [0.15, 0.2) is 6.10 Å². The molecule has 0 aliphatic carbocycles. The normalized spacial score (nSPS) is 13.1. The van der Waals surface area contributed by atoms with Gasteiger partial charge in [0.05, 0.1) is 6.42 Å². The second-order valence-electron chi connectivity index (χ2n) is 8.39. The maximum Gasteiger partial charge on any atom is 0.308 e. The first-order valence-electron chi connectivity index (χ1n) is 10.0. The maximum absolute atomic E-state index is 12.3. The molecule has 0 saturated carbocycles. The SMILES string of the molecule is CC(CC(=O)OC(C)C(=O)Nc1ccc(C(C)(C)C)cc1)NC(=O)c1ccccc1. The van der Waals surface area contributed by atoms with Gasteiger partial charge in [-0.15, -0.1) is 0 Å². The van der Waals surface area contributed by atoms with Crippen LogP contribution < -0.4 is 10.6 Å². The summed E-state index contributed by atoms with van der Waals surface area (Å²) in [5, 5.41) is 5.49. The van der Waals surface area contributed by atoms with Crippen molar-refractivity contribution >= 4 is 23.5 Å². The van der Waals surface area contributed by atoms with Crippen molar-refractivity contribution in [2.24, 2.45) is 0 Å². The first-order chi connectivity index (χ1) is 14.1. The molecular weight excluding hydrogens is 380 g/mol. The van der Waals surface area contributed by atoms with E-state index in [-0.39, 0.29) is 17.7 Å². The van der Waals surface area contributed by atoms with E-state index in [0.29, 0.717) is 11.3 Å². The zero-order valence-electron chi connectivity index (χ0n) is 18.2. The van der Waals surface area contributed by atoms with Crippen LogP contribution in [0.1, 0.15) is 57.0 Å². The van der Waals surface area contributed by atoms with Crippen molar-refractivity contribution in [2.75, 3.05) is 5.32 Å². The third-order valence-corrected chi connectivity index (χ3v) is 4.58. The third kappa shape index (κ3) is 7.03. The van der Waals surface area contributed by atoms with Crippen LogP contribution in [0, 0.1) is 0 Å². The van der Waals surface area contributed by atoms with Crippen LogP contribution in [-0.4, -0.2) is 29.9 Å². The topological polar surface area (TPSA) is 84.5 Å². The molecular formula is C24H30N2O4. The average molecular weight is 411 g/mol. The van der Waals surface area contributed by atoms with E-state index in [1.165, 1.54) is 6.92 Å². The standard InChI is InChI=1S/C24H30N2O4/c1-16(25-23(29)18-9-7-6-8-10-18)15-21(27)30-17(2)22(28)26-20-13-11-19(12-14-20)24(3,4)5/h6-14,16-17H,15H2,1-5H3,(H,25,29)(H,26,28). The third-order valence-electron chi connectivity index (χ3n) is 4.58. The summed E-state index contributed by atoms with van der Waals surface area (Å²) in [5.74, 6) is -1.23. The lowest BCUT2D eigenvalue weighted by molar-refractivity contribution is -0.153. The summed E-state index contributed by atoms with van der Waals surface area (Å²) in [5.41, 5.74) is 2.34. The highest BCUT2D eigenvalue weighted by Gasteiger charge is 2.21. The maximum atomic E-state index is 12.3. The number of carbonyl (C=O) groups excluding carboxylic acids is 3. The quantitative estimate of drug-likeness (QED) is 0.674. The molecule has 0 saturated heterocycles. The summed E-state index contributed by atoms with van der Waals surface area (Å²) in [6, 6.07) is 15.9. The number of carbonyl (C=O) groups is 3. The molecule has 2 atom stereocenters. The van der Waals surface area contributed by atoms with Crippen molar-refractivity contribution in [3.05, 3.63) is 65.7 Å². The monoisotopic (exact) mass is 410 g/mol. The number of nitrogens with one attached hydrogen (secondary N) is 2. The van der Waals surface area contributed by atoms with Crippen LogP contribution in [0.25, 0.3) is 0 Å². The van der Waals surface area contributed by atoms with E-state index in [4.69, 9.17) is 4.74 Å². The van der Waals surface area contributed by atoms with Gasteiger partial charge >= 0.3 is 5.97 Å². The molecule has 30 heavy (non-hydrogen) atoms. The molecule has 2 amide bonds. The first kappa shape index (κ1) is 23.1. The summed E-state index contributed by atoms with van der Waals surface area (Å²) in [6.07, 6.45) is -0.979. The Morgan fingerprint density at radius 2 is 1.53 bits per heavy atom. The molecule has 0 aliphatic heterocycles. The number of amides is 2. The molecule has 0 bridgehead atoms. The van der Waals surface area contributed by atoms with Crippen molar-refractivity contribution in [3.63, 3.8) is 0 Å². The van der Waals surface area contributed by atoms with Gasteiger partial charge in [-0.3, -0.25) is 14.4 Å². The predicted molar refractivity (Wildman–Crippen MR) is 117 cm³/mol. The summed E-state index contributed by atoms with van der Waals surface area (Å²) in [7, 11) is 0. The highest BCUT2D eigenvalue weighted by molar-refractivity contribution is 5.95. The largest absolute Gasteiger partial charge is 0.452 e. The van der Waals surface area contributed by atoms with Crippen molar-refractivity contribution in [2.45, 2.75) is 58.6 Å². The highest BCUT2D eigenvalue weighted by Crippen LogP contribution is 2.23. The second kappa shape index (κ2) is 10.1. The van der Waals surface area contributed by atoms with Gasteiger partial charge in [0.1, 0.15) is 0 Å². The first-order valence-corrected chi connectivity index (χ1v) is 10.0. The lowest BCUT2D eigenvalue weighted by Crippen LogP contribution is -2.36. The van der Waals surface area contributed by atoms with Crippen LogP contribution in [-0.2, 0) is 19.7 Å². The fourth-order valence-corrected chi connectivity index (χ4v) is 2.79. The van der Waals surface area contributed by atoms with Crippen LogP contribution in [0.5, 0.6) is 0 Å². The average Bonchev–Trinajstić information content (AvgIpc) is 2.68. The predicted octanol–water partition coefficient (Wildman–Crippen LogP) is 4.06.